The Bertz CT molecular complexity index is 629. The molecule has 20 heavy (non-hydrogen) atoms. The van der Waals surface area contributed by atoms with Crippen LogP contribution in [0.1, 0.15) is 10.6 Å². The smallest absolute Gasteiger partial charge is 0.269 e. The van der Waals surface area contributed by atoms with Crippen molar-refractivity contribution in [2.75, 3.05) is 20.6 Å². The Morgan fingerprint density at radius 1 is 1.20 bits per heavy atom. The van der Waals surface area contributed by atoms with Crippen LogP contribution < -0.4 is 0 Å². The number of ketones is 1. The number of Topliss-reactive ketones (excluding diaryl/α,β-unsaturated/α-hetero) is 1. The normalized spacial score (nSPS) is 10.8. The van der Waals surface area contributed by atoms with Gasteiger partial charge in [-0.1, -0.05) is 0 Å². The molecule has 0 amide bonds. The summed E-state index contributed by atoms with van der Waals surface area (Å²) in [7, 11) is 3.61. The van der Waals surface area contributed by atoms with Crippen LogP contribution in [0.5, 0.6) is 0 Å². The third-order valence-electron chi connectivity index (χ3n) is 2.70. The number of likely N-dealkylation sites (N-methyl/N-ethyl adjacent to an activating group) is 1. The Labute approximate surface area is 115 Å². The van der Waals surface area contributed by atoms with Crippen molar-refractivity contribution in [1.82, 2.24) is 4.90 Å². The topological polar surface area (TPSA) is 76.6 Å². The molecule has 1 aromatic carbocycles. The third-order valence-corrected chi connectivity index (χ3v) is 2.70. The lowest BCUT2D eigenvalue weighted by atomic mass is 10.1. The molecule has 0 aliphatic heterocycles. The van der Waals surface area contributed by atoms with Gasteiger partial charge < -0.3 is 9.32 Å². The van der Waals surface area contributed by atoms with Crippen LogP contribution in [0.4, 0.5) is 5.69 Å². The second kappa shape index (κ2) is 5.66. The average Bonchev–Trinajstić information content (AvgIpc) is 2.87. The lowest BCUT2D eigenvalue weighted by Crippen LogP contribution is -2.21. The number of nitrogens with zero attached hydrogens (tertiary/aromatic N) is 2. The summed E-state index contributed by atoms with van der Waals surface area (Å²) in [6, 6.07) is 9.29. The highest BCUT2D eigenvalue weighted by atomic mass is 16.6. The minimum absolute atomic E-state index is 0.0178. The van der Waals surface area contributed by atoms with Crippen LogP contribution in [0.3, 0.4) is 0 Å². The molecule has 0 saturated carbocycles. The van der Waals surface area contributed by atoms with Gasteiger partial charge in [0, 0.05) is 17.7 Å². The lowest BCUT2D eigenvalue weighted by Gasteiger charge is -2.05. The highest BCUT2D eigenvalue weighted by Crippen LogP contribution is 2.24. The second-order valence-electron chi connectivity index (χ2n) is 4.63. The van der Waals surface area contributed by atoms with Crippen LogP contribution in [0.2, 0.25) is 0 Å². The zero-order valence-electron chi connectivity index (χ0n) is 11.2. The molecular formula is C14H14N2O4. The van der Waals surface area contributed by atoms with Crippen molar-refractivity contribution >= 4 is 11.5 Å². The molecule has 104 valence electrons. The van der Waals surface area contributed by atoms with Crippen molar-refractivity contribution in [3.63, 3.8) is 0 Å². The van der Waals surface area contributed by atoms with E-state index in [4.69, 9.17) is 4.42 Å². The summed E-state index contributed by atoms with van der Waals surface area (Å²) in [6.45, 7) is 0.271. The fraction of sp³-hybridized carbons (Fsp3) is 0.214. The maximum atomic E-state index is 11.8. The molecule has 6 nitrogen and oxygen atoms in total. The van der Waals surface area contributed by atoms with E-state index in [9.17, 15) is 14.9 Å². The quantitative estimate of drug-likeness (QED) is 0.476. The maximum Gasteiger partial charge on any atom is 0.269 e. The Kier molecular flexibility index (Phi) is 3.95. The van der Waals surface area contributed by atoms with Gasteiger partial charge in [-0.25, -0.2) is 0 Å². The van der Waals surface area contributed by atoms with Crippen LogP contribution in [0.15, 0.2) is 40.8 Å². The molecule has 0 bridgehead atoms. The first-order valence-electron chi connectivity index (χ1n) is 6.00. The summed E-state index contributed by atoms with van der Waals surface area (Å²) in [6.07, 6.45) is 0. The molecule has 0 aliphatic rings. The second-order valence-corrected chi connectivity index (χ2v) is 4.63. The molecule has 0 N–H and O–H groups in total. The van der Waals surface area contributed by atoms with E-state index >= 15 is 0 Å². The number of hydrogen-bond donors (Lipinski definition) is 0. The fourth-order valence-corrected chi connectivity index (χ4v) is 1.76. The summed E-state index contributed by atoms with van der Waals surface area (Å²) >= 11 is 0. The van der Waals surface area contributed by atoms with Crippen LogP contribution in [0.25, 0.3) is 11.3 Å². The number of benzene rings is 1. The van der Waals surface area contributed by atoms with E-state index in [0.717, 1.165) is 0 Å². The maximum absolute atomic E-state index is 11.8. The number of furan rings is 1. The molecule has 2 rings (SSSR count). The Morgan fingerprint density at radius 3 is 2.40 bits per heavy atom. The van der Waals surface area contributed by atoms with Crippen LogP contribution in [0, 0.1) is 10.1 Å². The van der Waals surface area contributed by atoms with Gasteiger partial charge >= 0.3 is 0 Å². The summed E-state index contributed by atoms with van der Waals surface area (Å²) in [5.41, 5.74) is 0.712. The van der Waals surface area contributed by atoms with E-state index in [0.29, 0.717) is 11.3 Å². The minimum atomic E-state index is -0.460. The number of carbonyl (C=O) groups excluding carboxylic acids is 1. The monoisotopic (exact) mass is 274 g/mol. The Balaban J connectivity index is 2.20. The molecule has 2 aromatic rings. The first-order chi connectivity index (χ1) is 9.47. The van der Waals surface area contributed by atoms with Gasteiger partial charge in [-0.15, -0.1) is 0 Å². The molecule has 0 aliphatic carbocycles. The van der Waals surface area contributed by atoms with Crippen molar-refractivity contribution in [1.29, 1.82) is 0 Å². The first-order valence-corrected chi connectivity index (χ1v) is 6.00. The van der Waals surface area contributed by atoms with Gasteiger partial charge in [0.25, 0.3) is 5.69 Å². The Hall–Kier alpha value is -2.47. The summed E-state index contributed by atoms with van der Waals surface area (Å²) in [4.78, 5) is 23.7. The van der Waals surface area contributed by atoms with Gasteiger partial charge in [0.1, 0.15) is 5.76 Å². The molecule has 0 unspecified atom stereocenters. The number of non-ortho nitro benzene ring substituents is 1. The molecular weight excluding hydrogens is 260 g/mol. The molecule has 0 saturated heterocycles. The molecule has 0 atom stereocenters. The Morgan fingerprint density at radius 2 is 1.85 bits per heavy atom. The molecule has 1 aromatic heterocycles. The first kappa shape index (κ1) is 14.0. The van der Waals surface area contributed by atoms with Gasteiger partial charge in [-0.05, 0) is 38.4 Å². The number of hydrogen-bond acceptors (Lipinski definition) is 5. The van der Waals surface area contributed by atoms with Crippen molar-refractivity contribution in [3.05, 3.63) is 52.3 Å². The lowest BCUT2D eigenvalue weighted by molar-refractivity contribution is -0.384. The standard InChI is InChI=1S/C14H14N2O4/c1-15(2)9-12(17)14-8-7-13(20-14)10-3-5-11(6-4-10)16(18)19/h3-8H,9H2,1-2H3. The van der Waals surface area contributed by atoms with Gasteiger partial charge in [0.15, 0.2) is 5.76 Å². The van der Waals surface area contributed by atoms with Gasteiger partial charge in [-0.2, -0.15) is 0 Å². The van der Waals surface area contributed by atoms with Crippen molar-refractivity contribution in [2.24, 2.45) is 0 Å². The van der Waals surface area contributed by atoms with E-state index < -0.39 is 4.92 Å². The number of nitro benzene ring substituents is 1. The van der Waals surface area contributed by atoms with E-state index in [-0.39, 0.29) is 23.8 Å². The molecule has 0 fully saturated rings. The highest BCUT2D eigenvalue weighted by Gasteiger charge is 2.13. The number of nitro groups is 1. The van der Waals surface area contributed by atoms with E-state index in [1.165, 1.54) is 12.1 Å². The number of carbonyl (C=O) groups is 1. The van der Waals surface area contributed by atoms with E-state index in [2.05, 4.69) is 0 Å². The van der Waals surface area contributed by atoms with Crippen LogP contribution >= 0.6 is 0 Å². The molecule has 1 heterocycles. The zero-order chi connectivity index (χ0) is 14.7. The summed E-state index contributed by atoms with van der Waals surface area (Å²) in [5.74, 6) is 0.692. The van der Waals surface area contributed by atoms with Crippen molar-refractivity contribution in [3.8, 4) is 11.3 Å². The van der Waals surface area contributed by atoms with Gasteiger partial charge in [0.2, 0.25) is 5.78 Å². The summed E-state index contributed by atoms with van der Waals surface area (Å²) in [5, 5.41) is 10.6. The van der Waals surface area contributed by atoms with E-state index in [1.54, 1.807) is 43.3 Å². The summed E-state index contributed by atoms with van der Waals surface area (Å²) < 4.78 is 5.49. The molecule has 0 radical (unpaired) electrons. The molecule has 0 spiro atoms. The third kappa shape index (κ3) is 3.10. The predicted molar refractivity (Wildman–Crippen MR) is 73.7 cm³/mol. The van der Waals surface area contributed by atoms with Crippen molar-refractivity contribution in [2.45, 2.75) is 0 Å². The highest BCUT2D eigenvalue weighted by molar-refractivity contribution is 5.95. The predicted octanol–water partition coefficient (Wildman–Crippen LogP) is 2.60. The zero-order valence-corrected chi connectivity index (χ0v) is 11.2. The number of rotatable bonds is 5. The SMILES string of the molecule is CN(C)CC(=O)c1ccc(-c2ccc([N+](=O)[O-])cc2)o1. The van der Waals surface area contributed by atoms with Crippen molar-refractivity contribution < 1.29 is 14.1 Å². The minimum Gasteiger partial charge on any atom is -0.453 e. The van der Waals surface area contributed by atoms with Crippen LogP contribution in [-0.2, 0) is 0 Å². The fourth-order valence-electron chi connectivity index (χ4n) is 1.76. The van der Waals surface area contributed by atoms with Gasteiger partial charge in [0.05, 0.1) is 11.5 Å². The van der Waals surface area contributed by atoms with Gasteiger partial charge in [-0.3, -0.25) is 14.9 Å². The largest absolute Gasteiger partial charge is 0.453 e. The average molecular weight is 274 g/mol. The van der Waals surface area contributed by atoms with Crippen LogP contribution in [-0.4, -0.2) is 36.2 Å². The molecule has 6 heteroatoms. The van der Waals surface area contributed by atoms with E-state index in [1.807, 2.05) is 0 Å².